The van der Waals surface area contributed by atoms with Crippen LogP contribution in [0.5, 0.6) is 0 Å². The second kappa shape index (κ2) is 18.3. The van der Waals surface area contributed by atoms with Gasteiger partial charge in [-0.3, -0.25) is 24.0 Å². The molecule has 0 aliphatic carbocycles. The smallest absolute Gasteiger partial charge is 0.328 e. The first kappa shape index (κ1) is 38.5. The number of carbonyl (C=O) groups is 6. The van der Waals surface area contributed by atoms with E-state index < -0.39 is 77.9 Å². The average Bonchev–Trinajstić information content (AvgIpc) is 2.91. The molecule has 1 aliphatic heterocycles. The monoisotopic (exact) mass is 648 g/mol. The first-order valence-electron chi connectivity index (χ1n) is 14.4. The molecule has 0 radical (unpaired) electrons. The third-order valence-corrected chi connectivity index (χ3v) is 9.44. The van der Waals surface area contributed by atoms with Crippen LogP contribution in [0.1, 0.15) is 61.3 Å². The lowest BCUT2D eigenvalue weighted by Crippen LogP contribution is -2.61. The van der Waals surface area contributed by atoms with E-state index in [1.54, 1.807) is 20.8 Å². The number of hydrogen-bond acceptors (Lipinski definition) is 10. The fourth-order valence-electron chi connectivity index (χ4n) is 4.00. The Bertz CT molecular complexity index is 999. The molecule has 0 aromatic rings. The van der Waals surface area contributed by atoms with E-state index in [9.17, 15) is 39.0 Å². The zero-order chi connectivity index (χ0) is 33.0. The molecule has 0 bridgehead atoms. The van der Waals surface area contributed by atoms with Crippen molar-refractivity contribution in [3.63, 3.8) is 0 Å². The minimum absolute atomic E-state index is 0.0589. The number of hydrogen-bond donors (Lipinski definition) is 8. The summed E-state index contributed by atoms with van der Waals surface area (Å²) >= 11 is 0. The van der Waals surface area contributed by atoms with Crippen molar-refractivity contribution in [1.82, 2.24) is 26.6 Å². The number of nitrogens with two attached hydrogens (primary N) is 1. The number of rotatable bonds is 15. The van der Waals surface area contributed by atoms with E-state index >= 15 is 0 Å². The standard InChI is InChI=1S/C27H48N6O8S2/c1-8-14(6)20(32-25(38)19(28)13(4)5)26(39)31-18-11-43-42-10-17(30-24(18)37)23(36)29-16(9-12(2)3)22(35)33-21(15(7)34)27(40)41/h12-21,34H,8-11,28H2,1-7H3,(H,29,36)(H,30,37)(H,31,39)(H,32,38)(H,33,35)(H,40,41)/t14-,15+,16-,17-,18-,19-,20-,21-/m0/s1. The van der Waals surface area contributed by atoms with Crippen LogP contribution in [0.15, 0.2) is 0 Å². The van der Waals surface area contributed by atoms with Crippen LogP contribution >= 0.6 is 21.6 Å². The molecule has 1 saturated heterocycles. The molecule has 9 N–H and O–H groups in total. The molecule has 0 spiro atoms. The largest absolute Gasteiger partial charge is 0.480 e. The number of aliphatic hydroxyl groups is 1. The molecule has 43 heavy (non-hydrogen) atoms. The van der Waals surface area contributed by atoms with Crippen LogP contribution in [-0.2, 0) is 28.8 Å². The molecule has 0 saturated carbocycles. The number of amides is 5. The number of aliphatic hydroxyl groups excluding tert-OH is 1. The molecule has 1 fully saturated rings. The fourth-order valence-corrected chi connectivity index (χ4v) is 6.33. The van der Waals surface area contributed by atoms with Crippen molar-refractivity contribution in [2.24, 2.45) is 23.5 Å². The molecule has 8 atom stereocenters. The fraction of sp³-hybridized carbons (Fsp3) is 0.778. The van der Waals surface area contributed by atoms with Gasteiger partial charge >= 0.3 is 5.97 Å². The van der Waals surface area contributed by atoms with E-state index in [1.807, 2.05) is 20.8 Å². The van der Waals surface area contributed by atoms with Gasteiger partial charge in [-0.15, -0.1) is 0 Å². The first-order valence-corrected chi connectivity index (χ1v) is 16.9. The van der Waals surface area contributed by atoms with Crippen molar-refractivity contribution in [1.29, 1.82) is 0 Å². The Kier molecular flexibility index (Phi) is 16.4. The summed E-state index contributed by atoms with van der Waals surface area (Å²) < 4.78 is 0. The summed E-state index contributed by atoms with van der Waals surface area (Å²) in [6.45, 7) is 12.1. The Balaban J connectivity index is 3.01. The highest BCUT2D eigenvalue weighted by Crippen LogP contribution is 2.25. The van der Waals surface area contributed by atoms with E-state index in [4.69, 9.17) is 5.73 Å². The zero-order valence-corrected chi connectivity index (χ0v) is 27.5. The SMILES string of the molecule is CC[C@H](C)[C@H](NC(=O)[C@@H](N)C(C)C)C(=O)N[C@H]1CSSC[C@@H](C(=O)N[C@@H](CC(C)C)C(=O)N[C@H](C(=O)O)[C@@H](C)O)NC1=O. The summed E-state index contributed by atoms with van der Waals surface area (Å²) in [4.78, 5) is 76.6. The van der Waals surface area contributed by atoms with Crippen LogP contribution in [-0.4, -0.2) is 99.6 Å². The molecular formula is C27H48N6O8S2. The Morgan fingerprint density at radius 2 is 1.51 bits per heavy atom. The molecular weight excluding hydrogens is 600 g/mol. The Morgan fingerprint density at radius 3 is 2.02 bits per heavy atom. The normalized spacial score (nSPS) is 21.6. The van der Waals surface area contributed by atoms with Gasteiger partial charge in [0.25, 0.3) is 0 Å². The molecule has 0 aromatic heterocycles. The lowest BCUT2D eigenvalue weighted by atomic mass is 9.96. The summed E-state index contributed by atoms with van der Waals surface area (Å²) in [6.07, 6.45) is -0.620. The molecule has 1 rings (SSSR count). The molecule has 14 nitrogen and oxygen atoms in total. The topological polar surface area (TPSA) is 229 Å². The molecule has 1 aliphatic rings. The maximum atomic E-state index is 13.3. The summed E-state index contributed by atoms with van der Waals surface area (Å²) in [6, 6.07) is -6.50. The van der Waals surface area contributed by atoms with Gasteiger partial charge in [0, 0.05) is 11.5 Å². The van der Waals surface area contributed by atoms with Gasteiger partial charge in [-0.1, -0.05) is 69.6 Å². The predicted octanol–water partition coefficient (Wildman–Crippen LogP) is -0.654. The Labute approximate surface area is 261 Å². The number of carbonyl (C=O) groups excluding carboxylic acids is 5. The van der Waals surface area contributed by atoms with Crippen LogP contribution in [0.3, 0.4) is 0 Å². The van der Waals surface area contributed by atoms with Gasteiger partial charge in [-0.2, -0.15) is 0 Å². The predicted molar refractivity (Wildman–Crippen MR) is 166 cm³/mol. The average molecular weight is 649 g/mol. The number of aliphatic carboxylic acids is 1. The van der Waals surface area contributed by atoms with Crippen LogP contribution in [0.25, 0.3) is 0 Å². The highest BCUT2D eigenvalue weighted by atomic mass is 33.1. The molecule has 16 heteroatoms. The minimum Gasteiger partial charge on any atom is -0.480 e. The number of carboxylic acids is 1. The number of carboxylic acid groups (broad SMARTS) is 1. The van der Waals surface area contributed by atoms with Crippen LogP contribution < -0.4 is 32.3 Å². The van der Waals surface area contributed by atoms with Gasteiger partial charge in [0.1, 0.15) is 24.2 Å². The molecule has 0 unspecified atom stereocenters. The van der Waals surface area contributed by atoms with Crippen molar-refractivity contribution >= 4 is 57.1 Å². The molecule has 246 valence electrons. The van der Waals surface area contributed by atoms with Crippen molar-refractivity contribution < 1.29 is 39.0 Å². The second-order valence-electron chi connectivity index (χ2n) is 11.6. The Morgan fingerprint density at radius 1 is 0.930 bits per heavy atom. The minimum atomic E-state index is -1.57. The lowest BCUT2D eigenvalue weighted by Gasteiger charge is -2.30. The molecule has 5 amide bonds. The highest BCUT2D eigenvalue weighted by Gasteiger charge is 2.36. The maximum absolute atomic E-state index is 13.3. The van der Waals surface area contributed by atoms with Gasteiger partial charge in [-0.25, -0.2) is 4.79 Å². The van der Waals surface area contributed by atoms with Crippen molar-refractivity contribution in [3.8, 4) is 0 Å². The van der Waals surface area contributed by atoms with Crippen LogP contribution in [0.2, 0.25) is 0 Å². The van der Waals surface area contributed by atoms with Crippen molar-refractivity contribution in [2.45, 2.75) is 104 Å². The quantitative estimate of drug-likeness (QED) is 0.104. The van der Waals surface area contributed by atoms with Crippen molar-refractivity contribution in [3.05, 3.63) is 0 Å². The first-order chi connectivity index (χ1) is 20.0. The van der Waals surface area contributed by atoms with Gasteiger partial charge in [0.2, 0.25) is 29.5 Å². The third kappa shape index (κ3) is 12.5. The number of nitrogens with one attached hydrogen (secondary N) is 5. The van der Waals surface area contributed by atoms with E-state index in [2.05, 4.69) is 26.6 Å². The summed E-state index contributed by atoms with van der Waals surface area (Å²) in [7, 11) is 2.58. The molecule has 1 heterocycles. The van der Waals surface area contributed by atoms with Crippen LogP contribution in [0.4, 0.5) is 0 Å². The lowest BCUT2D eigenvalue weighted by molar-refractivity contribution is -0.145. The summed E-state index contributed by atoms with van der Waals surface area (Å²) in [5, 5.41) is 31.9. The van der Waals surface area contributed by atoms with E-state index in [0.29, 0.717) is 6.42 Å². The van der Waals surface area contributed by atoms with Gasteiger partial charge in [0.15, 0.2) is 6.04 Å². The van der Waals surface area contributed by atoms with E-state index in [0.717, 1.165) is 0 Å². The van der Waals surface area contributed by atoms with Gasteiger partial charge in [0.05, 0.1) is 12.1 Å². The van der Waals surface area contributed by atoms with E-state index in [1.165, 1.54) is 28.5 Å². The maximum Gasteiger partial charge on any atom is 0.328 e. The van der Waals surface area contributed by atoms with Crippen molar-refractivity contribution in [2.75, 3.05) is 11.5 Å². The van der Waals surface area contributed by atoms with E-state index in [-0.39, 0.29) is 35.7 Å². The third-order valence-electron chi connectivity index (χ3n) is 7.02. The van der Waals surface area contributed by atoms with Gasteiger partial charge in [-0.05, 0) is 31.1 Å². The Hall–Kier alpha value is -2.56. The summed E-state index contributed by atoms with van der Waals surface area (Å²) in [5.41, 5.74) is 5.95. The molecule has 0 aromatic carbocycles. The summed E-state index contributed by atoms with van der Waals surface area (Å²) in [5.74, 6) is -4.58. The second-order valence-corrected chi connectivity index (χ2v) is 14.1. The van der Waals surface area contributed by atoms with Crippen LogP contribution in [0, 0.1) is 17.8 Å². The van der Waals surface area contributed by atoms with Gasteiger partial charge < -0.3 is 42.5 Å². The highest BCUT2D eigenvalue weighted by molar-refractivity contribution is 8.76. The zero-order valence-electron chi connectivity index (χ0n) is 25.8.